The van der Waals surface area contributed by atoms with Crippen molar-refractivity contribution in [1.82, 2.24) is 10.0 Å². The average molecular weight is 373 g/mol. The Hall–Kier alpha value is -2.53. The van der Waals surface area contributed by atoms with E-state index in [-0.39, 0.29) is 16.5 Å². The summed E-state index contributed by atoms with van der Waals surface area (Å²) in [5.74, 6) is -2.33. The number of hydrogen-bond donors (Lipinski definition) is 3. The first-order valence-electron chi connectivity index (χ1n) is 7.34. The zero-order valence-corrected chi connectivity index (χ0v) is 14.4. The zero-order valence-electron chi connectivity index (χ0n) is 13.6. The Morgan fingerprint density at radius 2 is 1.84 bits per heavy atom. The molecule has 25 heavy (non-hydrogen) atoms. The van der Waals surface area contributed by atoms with Gasteiger partial charge in [-0.05, 0) is 18.1 Å². The van der Waals surface area contributed by atoms with Crippen molar-refractivity contribution in [2.75, 3.05) is 6.54 Å². The summed E-state index contributed by atoms with van der Waals surface area (Å²) in [5, 5.41) is 21.9. The number of benzene rings is 1. The number of amides is 1. The molecule has 0 aliphatic heterocycles. The fraction of sp³-hybridized carbons (Fsp3) is 0.429. The summed E-state index contributed by atoms with van der Waals surface area (Å²) in [4.78, 5) is 32.6. The number of nitro groups is 1. The molecule has 10 nitrogen and oxygen atoms in total. The van der Waals surface area contributed by atoms with E-state index in [0.29, 0.717) is 6.42 Å². The van der Waals surface area contributed by atoms with Gasteiger partial charge >= 0.3 is 5.97 Å². The van der Waals surface area contributed by atoms with E-state index >= 15 is 0 Å². The van der Waals surface area contributed by atoms with Crippen molar-refractivity contribution in [1.29, 1.82) is 0 Å². The second-order valence-electron chi connectivity index (χ2n) is 5.34. The molecular weight excluding hydrogens is 354 g/mol. The van der Waals surface area contributed by atoms with Crippen LogP contribution in [0.3, 0.4) is 0 Å². The Labute approximate surface area is 144 Å². The van der Waals surface area contributed by atoms with Crippen LogP contribution in [0.4, 0.5) is 5.69 Å². The molecule has 0 aliphatic rings. The largest absolute Gasteiger partial charge is 0.480 e. The number of carbonyl (C=O) groups is 2. The molecule has 0 spiro atoms. The molecule has 11 heteroatoms. The van der Waals surface area contributed by atoms with Crippen molar-refractivity contribution in [3.63, 3.8) is 0 Å². The first-order valence-corrected chi connectivity index (χ1v) is 8.83. The van der Waals surface area contributed by atoms with Gasteiger partial charge in [0.2, 0.25) is 15.9 Å². The van der Waals surface area contributed by atoms with E-state index in [0.717, 1.165) is 24.3 Å². The summed E-state index contributed by atoms with van der Waals surface area (Å²) in [6.45, 7) is 2.77. The average Bonchev–Trinajstić information content (AvgIpc) is 2.57. The van der Waals surface area contributed by atoms with Gasteiger partial charge < -0.3 is 10.4 Å². The van der Waals surface area contributed by atoms with E-state index in [9.17, 15) is 28.1 Å². The first-order chi connectivity index (χ1) is 11.6. The van der Waals surface area contributed by atoms with Crippen LogP contribution in [0.5, 0.6) is 0 Å². The lowest BCUT2D eigenvalue weighted by atomic mass is 9.99. The van der Waals surface area contributed by atoms with Crippen LogP contribution in [-0.4, -0.2) is 42.9 Å². The minimum absolute atomic E-state index is 0.248. The SMILES string of the molecule is CC[C@H](C)[C@H](NC(=O)CNS(=O)(=O)c1ccc([N+](=O)[O-])cc1)C(=O)O. The van der Waals surface area contributed by atoms with Gasteiger partial charge in [-0.25, -0.2) is 17.9 Å². The molecule has 1 aromatic carbocycles. The van der Waals surface area contributed by atoms with Gasteiger partial charge in [0.15, 0.2) is 0 Å². The minimum atomic E-state index is -4.06. The summed E-state index contributed by atoms with van der Waals surface area (Å²) >= 11 is 0. The van der Waals surface area contributed by atoms with Gasteiger partial charge in [-0.15, -0.1) is 0 Å². The van der Waals surface area contributed by atoms with E-state index < -0.39 is 39.4 Å². The topological polar surface area (TPSA) is 156 Å². The molecule has 3 N–H and O–H groups in total. The molecule has 0 fully saturated rings. The number of non-ortho nitro benzene ring substituents is 1. The molecule has 0 radical (unpaired) electrons. The number of aliphatic carboxylic acids is 1. The highest BCUT2D eigenvalue weighted by molar-refractivity contribution is 7.89. The fourth-order valence-corrected chi connectivity index (χ4v) is 2.88. The molecule has 1 aromatic rings. The smallest absolute Gasteiger partial charge is 0.326 e. The number of nitrogens with one attached hydrogen (secondary N) is 2. The van der Waals surface area contributed by atoms with Crippen molar-refractivity contribution in [2.24, 2.45) is 5.92 Å². The van der Waals surface area contributed by atoms with Crippen LogP contribution < -0.4 is 10.0 Å². The predicted octanol–water partition coefficient (Wildman–Crippen LogP) is 0.489. The molecule has 1 rings (SSSR count). The van der Waals surface area contributed by atoms with E-state index in [1.807, 2.05) is 4.72 Å². The number of carbonyl (C=O) groups excluding carboxylic acids is 1. The van der Waals surface area contributed by atoms with Gasteiger partial charge in [-0.3, -0.25) is 14.9 Å². The van der Waals surface area contributed by atoms with Gasteiger partial charge in [0, 0.05) is 12.1 Å². The number of hydrogen-bond acceptors (Lipinski definition) is 6. The maximum absolute atomic E-state index is 12.1. The van der Waals surface area contributed by atoms with Crippen molar-refractivity contribution < 1.29 is 28.0 Å². The van der Waals surface area contributed by atoms with E-state index in [1.54, 1.807) is 13.8 Å². The molecule has 2 atom stereocenters. The van der Waals surface area contributed by atoms with Gasteiger partial charge in [0.25, 0.3) is 5.69 Å². The molecule has 0 saturated heterocycles. The number of nitro benzene ring substituents is 1. The Morgan fingerprint density at radius 1 is 1.28 bits per heavy atom. The number of carboxylic acids is 1. The van der Waals surface area contributed by atoms with Crippen LogP contribution in [0.2, 0.25) is 0 Å². The summed E-state index contributed by atoms with van der Waals surface area (Å²) in [6.07, 6.45) is 0.520. The minimum Gasteiger partial charge on any atom is -0.480 e. The summed E-state index contributed by atoms with van der Waals surface area (Å²) in [6, 6.07) is 3.01. The highest BCUT2D eigenvalue weighted by atomic mass is 32.2. The third-order valence-corrected chi connectivity index (χ3v) is 4.99. The Morgan fingerprint density at radius 3 is 2.28 bits per heavy atom. The normalized spacial score (nSPS) is 13.7. The van der Waals surface area contributed by atoms with Gasteiger partial charge in [0.05, 0.1) is 16.4 Å². The maximum atomic E-state index is 12.1. The lowest BCUT2D eigenvalue weighted by Gasteiger charge is -2.20. The second-order valence-corrected chi connectivity index (χ2v) is 7.11. The maximum Gasteiger partial charge on any atom is 0.326 e. The van der Waals surface area contributed by atoms with Crippen LogP contribution in [0, 0.1) is 16.0 Å². The number of carboxylic acid groups (broad SMARTS) is 1. The lowest BCUT2D eigenvalue weighted by molar-refractivity contribution is -0.384. The summed E-state index contributed by atoms with van der Waals surface area (Å²) in [5.41, 5.74) is -0.269. The summed E-state index contributed by atoms with van der Waals surface area (Å²) in [7, 11) is -4.06. The second kappa shape index (κ2) is 8.53. The number of nitrogens with zero attached hydrogens (tertiary/aromatic N) is 1. The Bertz CT molecular complexity index is 746. The molecule has 0 aliphatic carbocycles. The van der Waals surface area contributed by atoms with Crippen molar-refractivity contribution in [2.45, 2.75) is 31.2 Å². The molecule has 0 heterocycles. The zero-order chi connectivity index (χ0) is 19.2. The van der Waals surface area contributed by atoms with Crippen LogP contribution >= 0.6 is 0 Å². The van der Waals surface area contributed by atoms with Crippen LogP contribution in [0.1, 0.15) is 20.3 Å². The van der Waals surface area contributed by atoms with Crippen molar-refractivity contribution in [3.8, 4) is 0 Å². The highest BCUT2D eigenvalue weighted by Crippen LogP contribution is 2.15. The van der Waals surface area contributed by atoms with Crippen LogP contribution in [0.25, 0.3) is 0 Å². The third-order valence-electron chi connectivity index (χ3n) is 3.58. The molecule has 0 aromatic heterocycles. The molecule has 0 unspecified atom stereocenters. The van der Waals surface area contributed by atoms with E-state index in [1.165, 1.54) is 0 Å². The number of rotatable bonds is 9. The predicted molar refractivity (Wildman–Crippen MR) is 87.3 cm³/mol. The molecule has 0 bridgehead atoms. The highest BCUT2D eigenvalue weighted by Gasteiger charge is 2.26. The van der Waals surface area contributed by atoms with Crippen molar-refractivity contribution >= 4 is 27.6 Å². The molecule has 1 amide bonds. The standard InChI is InChI=1S/C14H19N3O7S/c1-3-9(2)13(14(19)20)16-12(18)8-15-25(23,24)11-6-4-10(5-7-11)17(21)22/h4-7,9,13,15H,3,8H2,1-2H3,(H,16,18)(H,19,20)/t9-,13-/m0/s1. The Balaban J connectivity index is 2.73. The lowest BCUT2D eigenvalue weighted by Crippen LogP contribution is -2.48. The molecular formula is C14H19N3O7S. The monoisotopic (exact) mass is 373 g/mol. The first kappa shape index (κ1) is 20.5. The van der Waals surface area contributed by atoms with Crippen molar-refractivity contribution in [3.05, 3.63) is 34.4 Å². The Kier molecular flexibility index (Phi) is 7.00. The van der Waals surface area contributed by atoms with Crippen LogP contribution in [0.15, 0.2) is 29.2 Å². The number of sulfonamides is 1. The summed E-state index contributed by atoms with van der Waals surface area (Å²) < 4.78 is 26.1. The van der Waals surface area contributed by atoms with Gasteiger partial charge in [0.1, 0.15) is 6.04 Å². The molecule has 138 valence electrons. The van der Waals surface area contributed by atoms with E-state index in [2.05, 4.69) is 5.32 Å². The van der Waals surface area contributed by atoms with E-state index in [4.69, 9.17) is 5.11 Å². The third kappa shape index (κ3) is 5.80. The van der Waals surface area contributed by atoms with Gasteiger partial charge in [-0.2, -0.15) is 0 Å². The quantitative estimate of drug-likeness (QED) is 0.420. The molecule has 0 saturated carbocycles. The van der Waals surface area contributed by atoms with Gasteiger partial charge in [-0.1, -0.05) is 20.3 Å². The fourth-order valence-electron chi connectivity index (χ4n) is 1.90. The van der Waals surface area contributed by atoms with Crippen LogP contribution in [-0.2, 0) is 19.6 Å².